The molecule has 1 aliphatic rings. The maximum absolute atomic E-state index is 5.07. The summed E-state index contributed by atoms with van der Waals surface area (Å²) in [5, 5.41) is 9.00. The number of nitrogens with zero attached hydrogens (tertiary/aromatic N) is 1. The van der Waals surface area contributed by atoms with Gasteiger partial charge in [0.05, 0.1) is 6.61 Å². The molecule has 4 nitrogen and oxygen atoms in total. The molecule has 0 atom stereocenters. The van der Waals surface area contributed by atoms with Gasteiger partial charge in [0.1, 0.15) is 0 Å². The Morgan fingerprint density at radius 2 is 2.09 bits per heavy atom. The highest BCUT2D eigenvalue weighted by Gasteiger charge is 2.34. The second-order valence-corrected chi connectivity index (χ2v) is 6.61. The van der Waals surface area contributed by atoms with Crippen molar-refractivity contribution < 1.29 is 4.74 Å². The fraction of sp³-hybridized carbons (Fsp3) is 0.688. The largest absolute Gasteiger partial charge is 0.383 e. The summed E-state index contributed by atoms with van der Waals surface area (Å²) in [6.07, 6.45) is 6.57. The molecule has 1 fully saturated rings. The summed E-state index contributed by atoms with van der Waals surface area (Å²) >= 11 is 1.89. The number of nitrogens with one attached hydrogen (secondary N) is 2. The monoisotopic (exact) mass is 437 g/mol. The first-order valence-electron chi connectivity index (χ1n) is 7.78. The number of aliphatic imine (C=N–C) groups is 1. The number of thiophene rings is 1. The zero-order valence-electron chi connectivity index (χ0n) is 13.6. The first-order valence-corrected chi connectivity index (χ1v) is 8.66. The summed E-state index contributed by atoms with van der Waals surface area (Å²) in [5.74, 6) is 0.869. The highest BCUT2D eigenvalue weighted by Crippen LogP contribution is 2.40. The van der Waals surface area contributed by atoms with E-state index < -0.39 is 0 Å². The third-order valence-electron chi connectivity index (χ3n) is 4.27. The molecule has 0 amide bonds. The number of hydrogen-bond acceptors (Lipinski definition) is 3. The van der Waals surface area contributed by atoms with Crippen molar-refractivity contribution in [3.63, 3.8) is 0 Å². The molecular formula is C16H28IN3OS. The SMILES string of the molecule is CN=C(NCCOC)NCC1(c2cccs2)CCCCC1.I. The van der Waals surface area contributed by atoms with Gasteiger partial charge in [-0.2, -0.15) is 0 Å². The lowest BCUT2D eigenvalue weighted by molar-refractivity contribution is 0.203. The third kappa shape index (κ3) is 5.38. The lowest BCUT2D eigenvalue weighted by Gasteiger charge is -2.37. The van der Waals surface area contributed by atoms with Crippen LogP contribution in [0.4, 0.5) is 0 Å². The van der Waals surface area contributed by atoms with Crippen LogP contribution in [-0.4, -0.2) is 39.8 Å². The van der Waals surface area contributed by atoms with Crippen LogP contribution >= 0.6 is 35.3 Å². The standard InChI is InChI=1S/C16H27N3OS.HI/c1-17-15(18-10-11-20-2)19-13-16(8-4-3-5-9-16)14-7-6-12-21-14;/h6-7,12H,3-5,8-11,13H2,1-2H3,(H2,17,18,19);1H. The van der Waals surface area contributed by atoms with E-state index in [2.05, 4.69) is 33.1 Å². The minimum atomic E-state index is 0. The van der Waals surface area contributed by atoms with Crippen molar-refractivity contribution in [2.24, 2.45) is 4.99 Å². The van der Waals surface area contributed by atoms with E-state index in [1.54, 1.807) is 7.11 Å². The molecule has 0 unspecified atom stereocenters. The van der Waals surface area contributed by atoms with E-state index in [9.17, 15) is 0 Å². The number of ether oxygens (including phenoxy) is 1. The van der Waals surface area contributed by atoms with Crippen LogP contribution < -0.4 is 10.6 Å². The molecule has 0 saturated heterocycles. The predicted molar refractivity (Wildman–Crippen MR) is 106 cm³/mol. The number of halogens is 1. The van der Waals surface area contributed by atoms with Gasteiger partial charge >= 0.3 is 0 Å². The normalized spacial score (nSPS) is 17.6. The van der Waals surface area contributed by atoms with Crippen molar-refractivity contribution in [1.82, 2.24) is 10.6 Å². The van der Waals surface area contributed by atoms with E-state index in [-0.39, 0.29) is 29.4 Å². The van der Waals surface area contributed by atoms with Crippen LogP contribution in [0.15, 0.2) is 22.5 Å². The molecule has 1 aromatic rings. The lowest BCUT2D eigenvalue weighted by atomic mass is 9.73. The van der Waals surface area contributed by atoms with Gasteiger partial charge in [-0.25, -0.2) is 0 Å². The molecule has 0 aliphatic heterocycles. The van der Waals surface area contributed by atoms with Crippen LogP contribution in [0.1, 0.15) is 37.0 Å². The quantitative estimate of drug-likeness (QED) is 0.311. The van der Waals surface area contributed by atoms with Gasteiger partial charge in [0.25, 0.3) is 0 Å². The number of rotatable bonds is 6. The van der Waals surface area contributed by atoms with Crippen molar-refractivity contribution in [2.45, 2.75) is 37.5 Å². The molecule has 2 N–H and O–H groups in total. The van der Waals surface area contributed by atoms with Gasteiger partial charge in [-0.3, -0.25) is 4.99 Å². The molecule has 22 heavy (non-hydrogen) atoms. The lowest BCUT2D eigenvalue weighted by Crippen LogP contribution is -2.46. The van der Waals surface area contributed by atoms with Gasteiger partial charge in [0, 0.05) is 37.5 Å². The van der Waals surface area contributed by atoms with Gasteiger partial charge in [-0.15, -0.1) is 35.3 Å². The first kappa shape index (κ1) is 19.7. The van der Waals surface area contributed by atoms with Gasteiger partial charge in [-0.05, 0) is 24.3 Å². The van der Waals surface area contributed by atoms with Crippen molar-refractivity contribution in [2.75, 3.05) is 33.9 Å². The Hall–Kier alpha value is -0.340. The molecule has 0 aromatic carbocycles. The Morgan fingerprint density at radius 3 is 2.68 bits per heavy atom. The second-order valence-electron chi connectivity index (χ2n) is 5.66. The highest BCUT2D eigenvalue weighted by molar-refractivity contribution is 14.0. The highest BCUT2D eigenvalue weighted by atomic mass is 127. The fourth-order valence-corrected chi connectivity index (χ4v) is 4.05. The van der Waals surface area contributed by atoms with Crippen LogP contribution in [0, 0.1) is 0 Å². The Bertz CT molecular complexity index is 431. The molecule has 0 bridgehead atoms. The number of methoxy groups -OCH3 is 1. The Labute approximate surface area is 155 Å². The zero-order chi connectivity index (χ0) is 15.0. The summed E-state index contributed by atoms with van der Waals surface area (Å²) in [5.41, 5.74) is 0.283. The molecule has 126 valence electrons. The molecule has 0 radical (unpaired) electrons. The summed E-state index contributed by atoms with van der Waals surface area (Å²) < 4.78 is 5.07. The average Bonchev–Trinajstić information content (AvgIpc) is 3.07. The smallest absolute Gasteiger partial charge is 0.191 e. The molecule has 1 heterocycles. The number of guanidine groups is 1. The van der Waals surface area contributed by atoms with E-state index in [0.29, 0.717) is 6.61 Å². The maximum Gasteiger partial charge on any atom is 0.191 e. The zero-order valence-corrected chi connectivity index (χ0v) is 16.7. The Morgan fingerprint density at radius 1 is 1.32 bits per heavy atom. The van der Waals surface area contributed by atoms with E-state index in [1.807, 2.05) is 18.4 Å². The molecule has 1 saturated carbocycles. The number of hydrogen-bond donors (Lipinski definition) is 2. The van der Waals surface area contributed by atoms with Gasteiger partial charge < -0.3 is 15.4 Å². The van der Waals surface area contributed by atoms with E-state index in [4.69, 9.17) is 4.74 Å². The molecule has 6 heteroatoms. The Kier molecular flexibility index (Phi) is 9.35. The summed E-state index contributed by atoms with van der Waals surface area (Å²) in [6, 6.07) is 4.46. The van der Waals surface area contributed by atoms with Gasteiger partial charge in [0.15, 0.2) is 5.96 Å². The Balaban J connectivity index is 0.00000242. The molecule has 0 spiro atoms. The maximum atomic E-state index is 5.07. The summed E-state index contributed by atoms with van der Waals surface area (Å²) in [6.45, 7) is 2.43. The first-order chi connectivity index (χ1) is 10.3. The molecule has 2 rings (SSSR count). The van der Waals surface area contributed by atoms with Crippen LogP contribution in [0.3, 0.4) is 0 Å². The topological polar surface area (TPSA) is 45.7 Å². The van der Waals surface area contributed by atoms with E-state index >= 15 is 0 Å². The second kappa shape index (κ2) is 10.4. The van der Waals surface area contributed by atoms with Crippen LogP contribution in [0.2, 0.25) is 0 Å². The predicted octanol–water partition coefficient (Wildman–Crippen LogP) is 3.38. The van der Waals surface area contributed by atoms with Crippen LogP contribution in [-0.2, 0) is 10.2 Å². The van der Waals surface area contributed by atoms with E-state index in [0.717, 1.165) is 19.0 Å². The van der Waals surface area contributed by atoms with Gasteiger partial charge in [-0.1, -0.05) is 25.3 Å². The van der Waals surface area contributed by atoms with Crippen molar-refractivity contribution in [1.29, 1.82) is 0 Å². The van der Waals surface area contributed by atoms with Crippen LogP contribution in [0.5, 0.6) is 0 Å². The average molecular weight is 437 g/mol. The summed E-state index contributed by atoms with van der Waals surface area (Å²) in [4.78, 5) is 5.81. The van der Waals surface area contributed by atoms with E-state index in [1.165, 1.54) is 37.0 Å². The molecular weight excluding hydrogens is 409 g/mol. The van der Waals surface area contributed by atoms with Crippen molar-refractivity contribution in [3.8, 4) is 0 Å². The molecule has 1 aromatic heterocycles. The van der Waals surface area contributed by atoms with Crippen molar-refractivity contribution in [3.05, 3.63) is 22.4 Å². The van der Waals surface area contributed by atoms with Crippen molar-refractivity contribution >= 4 is 41.3 Å². The fourth-order valence-electron chi connectivity index (χ4n) is 3.06. The third-order valence-corrected chi connectivity index (χ3v) is 5.39. The van der Waals surface area contributed by atoms with Crippen LogP contribution in [0.25, 0.3) is 0 Å². The minimum Gasteiger partial charge on any atom is -0.383 e. The summed E-state index contributed by atoms with van der Waals surface area (Å²) in [7, 11) is 3.53. The van der Waals surface area contributed by atoms with Gasteiger partial charge in [0.2, 0.25) is 0 Å². The molecule has 1 aliphatic carbocycles. The minimum absolute atomic E-state index is 0.